The second-order valence-corrected chi connectivity index (χ2v) is 36.2. The van der Waals surface area contributed by atoms with Crippen LogP contribution in [0.15, 0.2) is 66.7 Å². The van der Waals surface area contributed by atoms with Crippen molar-refractivity contribution in [1.82, 2.24) is 0 Å². The largest absolute Gasteiger partial charge is 0.490 e. The van der Waals surface area contributed by atoms with E-state index in [9.17, 15) is 0 Å². The molecule has 0 spiro atoms. The van der Waals surface area contributed by atoms with Gasteiger partial charge in [-0.3, -0.25) is 0 Å². The van der Waals surface area contributed by atoms with Gasteiger partial charge in [0.15, 0.2) is 16.6 Å². The molecule has 302 valence electrons. The molecule has 8 atom stereocenters. The first-order valence-corrected chi connectivity index (χ1v) is 29.1. The van der Waals surface area contributed by atoms with Gasteiger partial charge >= 0.3 is 0 Å². The predicted molar refractivity (Wildman–Crippen MR) is 241 cm³/mol. The highest BCUT2D eigenvalue weighted by molar-refractivity contribution is 6.87. The van der Waals surface area contributed by atoms with Crippen LogP contribution >= 0.6 is 0 Å². The van der Waals surface area contributed by atoms with Gasteiger partial charge in [0.1, 0.15) is 14.5 Å². The summed E-state index contributed by atoms with van der Waals surface area (Å²) in [5.74, 6) is 3.26. The van der Waals surface area contributed by atoms with Crippen LogP contribution in [0.4, 0.5) is 0 Å². The second-order valence-electron chi connectivity index (χ2n) is 22.6. The van der Waals surface area contributed by atoms with Crippen LogP contribution in [0.2, 0.25) is 41.3 Å². The lowest BCUT2D eigenvalue weighted by Crippen LogP contribution is -2.54. The van der Waals surface area contributed by atoms with Gasteiger partial charge in [-0.05, 0) is 133 Å². The molecular weight excluding hydrogens is 709 g/mol. The van der Waals surface area contributed by atoms with Crippen LogP contribution in [-0.4, -0.2) is 44.7 Å². The molecule has 0 N–H and O–H groups in total. The molecule has 6 heteroatoms. The average molecular weight is 789 g/mol. The Hall–Kier alpha value is -1.45. The molecule has 0 aromatic heterocycles. The fourth-order valence-corrected chi connectivity index (χ4v) is 16.0. The molecular formula is C48H80O3Si3. The smallest absolute Gasteiger partial charge is 0.191 e. The van der Waals surface area contributed by atoms with Gasteiger partial charge in [0.2, 0.25) is 0 Å². The molecule has 0 amide bonds. The third-order valence-electron chi connectivity index (χ3n) is 16.1. The third-order valence-corrected chi connectivity index (χ3v) is 29.0. The summed E-state index contributed by atoms with van der Waals surface area (Å²) in [6.45, 7) is 42.9. The molecule has 3 saturated carbocycles. The molecule has 2 aromatic carbocycles. The number of ether oxygens (including phenoxy) is 1. The molecule has 3 nitrogen and oxygen atoms in total. The van der Waals surface area contributed by atoms with Crippen molar-refractivity contribution in [3.8, 4) is 5.75 Å². The van der Waals surface area contributed by atoms with Gasteiger partial charge in [0.25, 0.3) is 0 Å². The summed E-state index contributed by atoms with van der Waals surface area (Å²) in [4.78, 5) is 0. The van der Waals surface area contributed by atoms with Crippen LogP contribution in [-0.2, 0) is 8.85 Å². The maximum absolute atomic E-state index is 7.22. The Labute approximate surface area is 336 Å². The monoisotopic (exact) mass is 789 g/mol. The standard InChI is InChI=1S/C48H80O3Si3/c1-35-22-27-42-41(34-50-54(15,16)46(8,9)10)43(29-31-47(35,42)11)48(12)30-28-38(32-36(48)33-49-53(13,14)45(5,6)7)51-37-23-25-40(26-24-37)52(44(2,3)4)39-20-18-17-19-21-39/h17-21,23-26,36,38,41-43,52H,1,22,27-34H2,2-16H3/t36-,38+,41+,42+,43+,47-,48+,52?/m1/s1. The minimum Gasteiger partial charge on any atom is -0.490 e. The first-order chi connectivity index (χ1) is 24.8. The van der Waals surface area contributed by atoms with Crippen LogP contribution < -0.4 is 15.1 Å². The highest BCUT2D eigenvalue weighted by Crippen LogP contribution is 2.64. The highest BCUT2D eigenvalue weighted by Gasteiger charge is 2.58. The molecule has 1 unspecified atom stereocenters. The Morgan fingerprint density at radius 3 is 1.81 bits per heavy atom. The van der Waals surface area contributed by atoms with Gasteiger partial charge in [-0.1, -0.05) is 141 Å². The SMILES string of the molecule is C=C1CC[C@H]2[C@H](CO[Si](C)(C)C(C)(C)C)[C@@H]([C@@]3(C)CC[C@H](Oc4ccc([SiH](c5ccccc5)C(C)(C)C)cc4)C[C@@H]3CO[Si](C)(C)C(C)(C)C)CC[C@]12C. The molecule has 3 aliphatic carbocycles. The molecule has 0 aliphatic heterocycles. The maximum Gasteiger partial charge on any atom is 0.191 e. The van der Waals surface area contributed by atoms with E-state index in [-0.39, 0.29) is 32.0 Å². The molecule has 0 saturated heterocycles. The molecule has 3 aliphatic rings. The lowest BCUT2D eigenvalue weighted by molar-refractivity contribution is -0.0986. The second kappa shape index (κ2) is 15.7. The number of hydrogen-bond donors (Lipinski definition) is 0. The van der Waals surface area contributed by atoms with Crippen LogP contribution in [0.3, 0.4) is 0 Å². The van der Waals surface area contributed by atoms with Crippen LogP contribution in [0.5, 0.6) is 5.75 Å². The predicted octanol–water partition coefficient (Wildman–Crippen LogP) is 12.4. The Morgan fingerprint density at radius 2 is 1.26 bits per heavy atom. The van der Waals surface area contributed by atoms with Crippen molar-refractivity contribution in [2.75, 3.05) is 13.2 Å². The van der Waals surface area contributed by atoms with E-state index in [1.807, 2.05) is 0 Å². The van der Waals surface area contributed by atoms with E-state index in [2.05, 4.69) is 164 Å². The Balaban J connectivity index is 1.42. The summed E-state index contributed by atoms with van der Waals surface area (Å²) in [7, 11) is -5.28. The van der Waals surface area contributed by atoms with Crippen LogP contribution in [0.25, 0.3) is 0 Å². The van der Waals surface area contributed by atoms with Crippen molar-refractivity contribution in [3.63, 3.8) is 0 Å². The van der Waals surface area contributed by atoms with Gasteiger partial charge in [-0.2, -0.15) is 0 Å². The van der Waals surface area contributed by atoms with E-state index < -0.39 is 25.4 Å². The number of fused-ring (bicyclic) bond motifs is 1. The van der Waals surface area contributed by atoms with E-state index in [4.69, 9.17) is 13.6 Å². The van der Waals surface area contributed by atoms with E-state index in [0.717, 1.165) is 31.8 Å². The molecule has 3 fully saturated rings. The number of rotatable bonds is 11. The van der Waals surface area contributed by atoms with Crippen molar-refractivity contribution in [2.45, 2.75) is 169 Å². The van der Waals surface area contributed by atoms with Crippen molar-refractivity contribution >= 4 is 35.8 Å². The molecule has 2 aromatic rings. The van der Waals surface area contributed by atoms with Crippen LogP contribution in [0, 0.1) is 34.5 Å². The zero-order valence-electron chi connectivity index (χ0n) is 37.5. The molecule has 0 radical (unpaired) electrons. The minimum absolute atomic E-state index is 0.167. The first-order valence-electron chi connectivity index (χ1n) is 21.6. The lowest BCUT2D eigenvalue weighted by atomic mass is 9.49. The van der Waals surface area contributed by atoms with Crippen molar-refractivity contribution in [3.05, 3.63) is 66.7 Å². The summed E-state index contributed by atoms with van der Waals surface area (Å²) in [6, 6.07) is 20.5. The van der Waals surface area contributed by atoms with Gasteiger partial charge in [-0.15, -0.1) is 0 Å². The average Bonchev–Trinajstić information content (AvgIpc) is 3.37. The van der Waals surface area contributed by atoms with Gasteiger partial charge in [-0.25, -0.2) is 0 Å². The maximum atomic E-state index is 7.22. The number of allylic oxidation sites excluding steroid dienone is 1. The van der Waals surface area contributed by atoms with Crippen LogP contribution in [0.1, 0.15) is 121 Å². The van der Waals surface area contributed by atoms with E-state index in [1.165, 1.54) is 48.1 Å². The molecule has 5 rings (SSSR count). The van der Waals surface area contributed by atoms with Crippen molar-refractivity contribution in [2.24, 2.45) is 34.5 Å². The first kappa shape index (κ1) is 43.7. The Morgan fingerprint density at radius 1 is 0.704 bits per heavy atom. The lowest BCUT2D eigenvalue weighted by Gasteiger charge is -2.57. The molecule has 54 heavy (non-hydrogen) atoms. The van der Waals surface area contributed by atoms with Gasteiger partial charge < -0.3 is 13.6 Å². The van der Waals surface area contributed by atoms with E-state index >= 15 is 0 Å². The zero-order chi connectivity index (χ0) is 40.1. The minimum atomic E-state index is -1.95. The Kier molecular flexibility index (Phi) is 12.7. The molecule has 0 heterocycles. The number of hydrogen-bond acceptors (Lipinski definition) is 3. The van der Waals surface area contributed by atoms with Crippen molar-refractivity contribution < 1.29 is 13.6 Å². The number of benzene rings is 2. The van der Waals surface area contributed by atoms with Gasteiger partial charge in [0, 0.05) is 13.2 Å². The van der Waals surface area contributed by atoms with E-state index in [1.54, 1.807) is 0 Å². The molecule has 0 bridgehead atoms. The topological polar surface area (TPSA) is 27.7 Å². The fourth-order valence-electron chi connectivity index (χ4n) is 10.3. The summed E-state index contributed by atoms with van der Waals surface area (Å²) in [5.41, 5.74) is 1.90. The van der Waals surface area contributed by atoms with Crippen molar-refractivity contribution in [1.29, 1.82) is 0 Å². The third kappa shape index (κ3) is 8.98. The summed E-state index contributed by atoms with van der Waals surface area (Å²) in [5, 5.41) is 3.62. The van der Waals surface area contributed by atoms with Gasteiger partial charge in [0.05, 0.1) is 6.10 Å². The quantitative estimate of drug-likeness (QED) is 0.168. The summed E-state index contributed by atoms with van der Waals surface area (Å²) in [6.07, 6.45) is 8.50. The zero-order valence-corrected chi connectivity index (χ0v) is 40.6. The summed E-state index contributed by atoms with van der Waals surface area (Å²) >= 11 is 0. The normalized spacial score (nSPS) is 30.6. The highest BCUT2D eigenvalue weighted by atomic mass is 28.4. The summed E-state index contributed by atoms with van der Waals surface area (Å²) < 4.78 is 21.4. The fraction of sp³-hybridized carbons (Fsp3) is 0.708. The van der Waals surface area contributed by atoms with E-state index in [0.29, 0.717) is 23.7 Å². The Bertz CT molecular complexity index is 1560.